The predicted octanol–water partition coefficient (Wildman–Crippen LogP) is 7.27. The minimum Gasteiger partial charge on any atom is -0.494 e. The van der Waals surface area contributed by atoms with Gasteiger partial charge in [-0.1, -0.05) is 23.7 Å². The van der Waals surface area contributed by atoms with Crippen LogP contribution < -0.4 is 20.3 Å². The van der Waals surface area contributed by atoms with Crippen molar-refractivity contribution < 1.29 is 14.3 Å². The lowest BCUT2D eigenvalue weighted by Crippen LogP contribution is -2.39. The first-order chi connectivity index (χ1) is 21.8. The largest absolute Gasteiger partial charge is 0.494 e. The molecule has 1 aromatic heterocycles. The van der Waals surface area contributed by atoms with Gasteiger partial charge in [-0.25, -0.2) is 4.98 Å². The molecule has 45 heavy (non-hydrogen) atoms. The van der Waals surface area contributed by atoms with Crippen molar-refractivity contribution in [2.75, 3.05) is 37.5 Å². The molecular formula is C35H40ClN5O3S. The van der Waals surface area contributed by atoms with E-state index in [1.165, 1.54) is 11.8 Å². The van der Waals surface area contributed by atoms with E-state index >= 15 is 0 Å². The van der Waals surface area contributed by atoms with Crippen molar-refractivity contribution in [3.05, 3.63) is 83.4 Å². The molecule has 1 saturated carbocycles. The van der Waals surface area contributed by atoms with Crippen molar-refractivity contribution in [2.24, 2.45) is 5.92 Å². The molecule has 0 bridgehead atoms. The summed E-state index contributed by atoms with van der Waals surface area (Å²) in [5.74, 6) is 2.41. The van der Waals surface area contributed by atoms with Gasteiger partial charge in [-0.15, -0.1) is 11.8 Å². The predicted molar refractivity (Wildman–Crippen MR) is 184 cm³/mol. The highest BCUT2D eigenvalue weighted by atomic mass is 35.5. The summed E-state index contributed by atoms with van der Waals surface area (Å²) < 4.78 is 5.50. The fourth-order valence-corrected chi connectivity index (χ4v) is 6.75. The molecule has 10 heteroatoms. The minimum absolute atomic E-state index is 0.0837. The molecule has 2 N–H and O–H groups in total. The van der Waals surface area contributed by atoms with E-state index in [9.17, 15) is 9.59 Å². The number of benzene rings is 3. The molecule has 0 aliphatic heterocycles. The zero-order valence-corrected chi connectivity index (χ0v) is 27.5. The van der Waals surface area contributed by atoms with Gasteiger partial charge in [0.2, 0.25) is 11.9 Å². The van der Waals surface area contributed by atoms with E-state index in [2.05, 4.69) is 10.6 Å². The molecular weight excluding hydrogens is 606 g/mol. The zero-order chi connectivity index (χ0) is 31.8. The first-order valence-electron chi connectivity index (χ1n) is 15.5. The number of rotatable bonds is 13. The van der Waals surface area contributed by atoms with Crippen LogP contribution in [0.15, 0.2) is 77.7 Å². The fourth-order valence-electron chi connectivity index (χ4n) is 5.57. The number of nitrogens with zero attached hydrogens (tertiary/aromatic N) is 3. The monoisotopic (exact) mass is 645 g/mol. The lowest BCUT2D eigenvalue weighted by atomic mass is 9.86. The Balaban J connectivity index is 1.17. The van der Waals surface area contributed by atoms with Crippen LogP contribution in [0.25, 0.3) is 10.9 Å². The van der Waals surface area contributed by atoms with Crippen LogP contribution in [-0.2, 0) is 4.79 Å². The molecule has 0 spiro atoms. The number of amides is 1. The third-order valence-corrected chi connectivity index (χ3v) is 9.46. The third-order valence-electron chi connectivity index (χ3n) is 7.99. The number of anilines is 2. The van der Waals surface area contributed by atoms with E-state index in [1.54, 1.807) is 36.4 Å². The number of ether oxygens (including phenoxy) is 1. The van der Waals surface area contributed by atoms with E-state index in [4.69, 9.17) is 26.3 Å². The van der Waals surface area contributed by atoms with Crippen molar-refractivity contribution in [2.45, 2.75) is 55.2 Å². The fraction of sp³-hybridized carbons (Fsp3) is 0.371. The lowest BCUT2D eigenvalue weighted by Gasteiger charge is -2.30. The van der Waals surface area contributed by atoms with Crippen molar-refractivity contribution in [1.29, 1.82) is 0 Å². The molecule has 4 aromatic rings. The van der Waals surface area contributed by atoms with E-state index in [-0.39, 0.29) is 24.2 Å². The Morgan fingerprint density at radius 1 is 0.978 bits per heavy atom. The Hall–Kier alpha value is -3.82. The number of hydrogen-bond donors (Lipinski definition) is 2. The summed E-state index contributed by atoms with van der Waals surface area (Å²) in [6, 6.07) is 22.8. The Kier molecular flexibility index (Phi) is 11.2. The van der Waals surface area contributed by atoms with Gasteiger partial charge in [-0.2, -0.15) is 4.98 Å². The summed E-state index contributed by atoms with van der Waals surface area (Å²) in [6.07, 6.45) is 3.98. The summed E-state index contributed by atoms with van der Waals surface area (Å²) in [4.78, 5) is 39.2. The standard InChI is InChI=1S/C35H40ClN5O3S/c1-4-44-27-17-11-24(12-18-27)31(42)21-32(45-28-19-13-25(36)14-20-28)34(43)37-22-23-9-15-26(16-10-23)38-35-39-30-8-6-5-7-29(30)33(40-35)41(2)3/h5-8,11-14,17-20,23,26,32H,4,9-10,15-16,21-22H2,1-3H3,(H,37,43)(H,38,39,40). The summed E-state index contributed by atoms with van der Waals surface area (Å²) in [7, 11) is 3.99. The third kappa shape index (κ3) is 8.89. The number of carbonyl (C=O) groups excluding carboxylic acids is 2. The van der Waals surface area contributed by atoms with Crippen molar-refractivity contribution in [1.82, 2.24) is 15.3 Å². The average molecular weight is 646 g/mol. The van der Waals surface area contributed by atoms with Crippen LogP contribution in [-0.4, -0.2) is 60.2 Å². The van der Waals surface area contributed by atoms with Gasteiger partial charge < -0.3 is 20.3 Å². The van der Waals surface area contributed by atoms with Gasteiger partial charge in [-0.05, 0) is 99.2 Å². The van der Waals surface area contributed by atoms with Crippen LogP contribution in [0.3, 0.4) is 0 Å². The Morgan fingerprint density at radius 3 is 2.38 bits per heavy atom. The van der Waals surface area contributed by atoms with Gasteiger partial charge in [0.15, 0.2) is 5.78 Å². The van der Waals surface area contributed by atoms with Crippen molar-refractivity contribution >= 4 is 57.7 Å². The molecule has 1 amide bonds. The first kappa shape index (κ1) is 32.6. The smallest absolute Gasteiger partial charge is 0.233 e. The average Bonchev–Trinajstić information content (AvgIpc) is 3.05. The van der Waals surface area contributed by atoms with Crippen LogP contribution in [0.4, 0.5) is 11.8 Å². The highest BCUT2D eigenvalue weighted by Gasteiger charge is 2.27. The summed E-state index contributed by atoms with van der Waals surface area (Å²) in [6.45, 7) is 3.06. The van der Waals surface area contributed by atoms with Gasteiger partial charge in [0, 0.05) is 54.0 Å². The van der Waals surface area contributed by atoms with Crippen LogP contribution in [0.5, 0.6) is 5.75 Å². The number of carbonyl (C=O) groups is 2. The van der Waals surface area contributed by atoms with Gasteiger partial charge >= 0.3 is 0 Å². The molecule has 5 rings (SSSR count). The van der Waals surface area contributed by atoms with E-state index in [1.807, 2.05) is 62.3 Å². The highest BCUT2D eigenvalue weighted by Crippen LogP contribution is 2.30. The van der Waals surface area contributed by atoms with Crippen LogP contribution in [0, 0.1) is 5.92 Å². The number of thioether (sulfide) groups is 1. The zero-order valence-electron chi connectivity index (χ0n) is 26.0. The molecule has 1 fully saturated rings. The van der Waals surface area contributed by atoms with E-state index in [0.717, 1.165) is 47.3 Å². The maximum atomic E-state index is 13.5. The molecule has 1 heterocycles. The molecule has 1 aliphatic carbocycles. The van der Waals surface area contributed by atoms with Crippen LogP contribution in [0.1, 0.15) is 49.4 Å². The van der Waals surface area contributed by atoms with Gasteiger partial charge in [0.1, 0.15) is 11.6 Å². The number of para-hydroxylation sites is 1. The molecule has 0 saturated heterocycles. The Morgan fingerprint density at radius 2 is 1.69 bits per heavy atom. The number of ketones is 1. The molecule has 1 aliphatic rings. The molecule has 0 radical (unpaired) electrons. The first-order valence-corrected chi connectivity index (χ1v) is 16.7. The van der Waals surface area contributed by atoms with Crippen molar-refractivity contribution in [3.63, 3.8) is 0 Å². The Bertz CT molecular complexity index is 1590. The van der Waals surface area contributed by atoms with Gasteiger partial charge in [-0.3, -0.25) is 9.59 Å². The quantitative estimate of drug-likeness (QED) is 0.116. The molecule has 1 atom stereocenters. The van der Waals surface area contributed by atoms with Crippen molar-refractivity contribution in [3.8, 4) is 5.75 Å². The van der Waals surface area contributed by atoms with E-state index < -0.39 is 5.25 Å². The highest BCUT2D eigenvalue weighted by molar-refractivity contribution is 8.00. The number of fused-ring (bicyclic) bond motifs is 1. The van der Waals surface area contributed by atoms with Crippen LogP contribution in [0.2, 0.25) is 5.02 Å². The summed E-state index contributed by atoms with van der Waals surface area (Å²) in [5, 5.41) is 7.80. The SMILES string of the molecule is CCOc1ccc(C(=O)CC(Sc2ccc(Cl)cc2)C(=O)NCC2CCC(Nc3nc(N(C)C)c4ccccc4n3)CC2)cc1. The van der Waals surface area contributed by atoms with E-state index in [0.29, 0.717) is 41.4 Å². The second kappa shape index (κ2) is 15.5. The second-order valence-electron chi connectivity index (χ2n) is 11.5. The second-order valence-corrected chi connectivity index (χ2v) is 13.2. The molecule has 236 valence electrons. The topological polar surface area (TPSA) is 96.5 Å². The molecule has 3 aromatic carbocycles. The summed E-state index contributed by atoms with van der Waals surface area (Å²) in [5.41, 5.74) is 1.48. The number of hydrogen-bond acceptors (Lipinski definition) is 8. The normalized spacial score (nSPS) is 17.0. The maximum absolute atomic E-state index is 13.5. The van der Waals surface area contributed by atoms with Gasteiger partial charge in [0.25, 0.3) is 0 Å². The number of Topliss-reactive ketones (excluding diaryl/α,β-unsaturated/α-hetero) is 1. The maximum Gasteiger partial charge on any atom is 0.233 e. The molecule has 1 unspecified atom stereocenters. The van der Waals surface area contributed by atoms with Crippen LogP contribution >= 0.6 is 23.4 Å². The Labute approximate surface area is 274 Å². The number of aromatic nitrogens is 2. The molecule has 8 nitrogen and oxygen atoms in total. The van der Waals surface area contributed by atoms with Gasteiger partial charge in [0.05, 0.1) is 17.4 Å². The number of nitrogens with one attached hydrogen (secondary N) is 2. The lowest BCUT2D eigenvalue weighted by molar-refractivity contribution is -0.120. The summed E-state index contributed by atoms with van der Waals surface area (Å²) >= 11 is 7.47. The minimum atomic E-state index is -0.570. The number of halogens is 1.